The van der Waals surface area contributed by atoms with Crippen molar-refractivity contribution in [1.29, 1.82) is 0 Å². The molecule has 0 spiro atoms. The zero-order valence-corrected chi connectivity index (χ0v) is 19.1. The van der Waals surface area contributed by atoms with Gasteiger partial charge in [0.2, 0.25) is 0 Å². The minimum absolute atomic E-state index is 0.319. The molecule has 1 saturated carbocycles. The van der Waals surface area contributed by atoms with Crippen molar-refractivity contribution in [1.82, 2.24) is 15.5 Å². The summed E-state index contributed by atoms with van der Waals surface area (Å²) in [5, 5.41) is 7.06. The lowest BCUT2D eigenvalue weighted by Gasteiger charge is -2.29. The number of rotatable bonds is 12. The van der Waals surface area contributed by atoms with Gasteiger partial charge in [-0.2, -0.15) is 0 Å². The topological polar surface area (TPSA) is 58.1 Å². The number of methoxy groups -OCH3 is 1. The van der Waals surface area contributed by atoms with E-state index in [1.807, 2.05) is 6.07 Å². The predicted molar refractivity (Wildman–Crippen MR) is 123 cm³/mol. The van der Waals surface area contributed by atoms with Crippen molar-refractivity contribution >= 4 is 5.96 Å². The van der Waals surface area contributed by atoms with Crippen LogP contribution in [0.5, 0.6) is 5.75 Å². The van der Waals surface area contributed by atoms with Crippen LogP contribution >= 0.6 is 0 Å². The molecule has 6 nitrogen and oxygen atoms in total. The van der Waals surface area contributed by atoms with Gasteiger partial charge in [0.1, 0.15) is 5.75 Å². The normalized spacial score (nSPS) is 19.5. The zero-order chi connectivity index (χ0) is 21.2. The van der Waals surface area contributed by atoms with Gasteiger partial charge >= 0.3 is 0 Å². The van der Waals surface area contributed by atoms with Crippen LogP contribution < -0.4 is 15.4 Å². The SMILES string of the molecule is CCNC(=NCC1(CCOCC)CC1)NCC(c1cccc(OC)c1)N1CCCC1. The maximum atomic E-state index is 5.57. The molecule has 0 aromatic heterocycles. The van der Waals surface area contributed by atoms with Crippen molar-refractivity contribution in [3.05, 3.63) is 29.8 Å². The highest BCUT2D eigenvalue weighted by atomic mass is 16.5. The standard InChI is InChI=1S/C24H40N4O2/c1-4-25-23(27-19-24(11-12-24)13-16-30-5-2)26-18-22(28-14-6-7-15-28)20-9-8-10-21(17-20)29-3/h8-10,17,22H,4-7,11-16,18-19H2,1-3H3,(H2,25,26,27). The monoisotopic (exact) mass is 416 g/mol. The summed E-state index contributed by atoms with van der Waals surface area (Å²) in [5.41, 5.74) is 1.66. The number of benzene rings is 1. The number of hydrogen-bond acceptors (Lipinski definition) is 4. The molecule has 0 radical (unpaired) electrons. The maximum absolute atomic E-state index is 5.57. The van der Waals surface area contributed by atoms with E-state index in [1.165, 1.54) is 31.2 Å². The lowest BCUT2D eigenvalue weighted by atomic mass is 10.0. The average Bonchev–Trinajstić information content (AvgIpc) is 3.33. The first-order valence-electron chi connectivity index (χ1n) is 11.7. The predicted octanol–water partition coefficient (Wildman–Crippen LogP) is 3.59. The van der Waals surface area contributed by atoms with E-state index in [4.69, 9.17) is 14.5 Å². The summed E-state index contributed by atoms with van der Waals surface area (Å²) in [5.74, 6) is 1.84. The number of nitrogens with one attached hydrogen (secondary N) is 2. The van der Waals surface area contributed by atoms with Crippen molar-refractivity contribution in [2.45, 2.75) is 52.0 Å². The fourth-order valence-electron chi connectivity index (χ4n) is 4.24. The van der Waals surface area contributed by atoms with Gasteiger partial charge in [0.25, 0.3) is 0 Å². The molecule has 3 rings (SSSR count). The van der Waals surface area contributed by atoms with Gasteiger partial charge in [0, 0.05) is 32.8 Å². The van der Waals surface area contributed by atoms with Gasteiger partial charge in [0.15, 0.2) is 5.96 Å². The molecule has 1 unspecified atom stereocenters. The number of nitrogens with zero attached hydrogens (tertiary/aromatic N) is 2. The molecule has 0 amide bonds. The number of guanidine groups is 1. The van der Waals surface area contributed by atoms with E-state index < -0.39 is 0 Å². The second-order valence-corrected chi connectivity index (χ2v) is 8.56. The molecule has 1 aromatic rings. The van der Waals surface area contributed by atoms with Crippen molar-refractivity contribution in [2.75, 3.05) is 53.0 Å². The summed E-state index contributed by atoms with van der Waals surface area (Å²) in [6, 6.07) is 8.80. The fraction of sp³-hybridized carbons (Fsp3) is 0.708. The summed E-state index contributed by atoms with van der Waals surface area (Å²) >= 11 is 0. The lowest BCUT2D eigenvalue weighted by molar-refractivity contribution is 0.129. The molecule has 2 fully saturated rings. The van der Waals surface area contributed by atoms with E-state index in [2.05, 4.69) is 47.6 Å². The molecule has 6 heteroatoms. The number of ether oxygens (including phenoxy) is 2. The van der Waals surface area contributed by atoms with Crippen LogP contribution in [-0.2, 0) is 4.74 Å². The average molecular weight is 417 g/mol. The Hall–Kier alpha value is -1.79. The second-order valence-electron chi connectivity index (χ2n) is 8.56. The van der Waals surface area contributed by atoms with Crippen molar-refractivity contribution in [3.63, 3.8) is 0 Å². The molecule has 1 saturated heterocycles. The Balaban J connectivity index is 1.63. The summed E-state index contributed by atoms with van der Waals surface area (Å²) in [6.45, 7) is 10.7. The molecular formula is C24H40N4O2. The first-order valence-corrected chi connectivity index (χ1v) is 11.7. The van der Waals surface area contributed by atoms with E-state index in [0.717, 1.165) is 64.1 Å². The molecule has 30 heavy (non-hydrogen) atoms. The lowest BCUT2D eigenvalue weighted by Crippen LogP contribution is -2.43. The summed E-state index contributed by atoms with van der Waals surface area (Å²) in [6.07, 6.45) is 6.20. The highest BCUT2D eigenvalue weighted by Crippen LogP contribution is 2.49. The number of likely N-dealkylation sites (tertiary alicyclic amines) is 1. The van der Waals surface area contributed by atoms with Gasteiger partial charge in [0.05, 0.1) is 13.2 Å². The van der Waals surface area contributed by atoms with Crippen LogP contribution in [0.4, 0.5) is 0 Å². The summed E-state index contributed by atoms with van der Waals surface area (Å²) in [4.78, 5) is 7.53. The summed E-state index contributed by atoms with van der Waals surface area (Å²) in [7, 11) is 1.73. The highest BCUT2D eigenvalue weighted by Gasteiger charge is 2.41. The van der Waals surface area contributed by atoms with Crippen LogP contribution in [0.15, 0.2) is 29.3 Å². The van der Waals surface area contributed by atoms with Gasteiger partial charge in [-0.1, -0.05) is 12.1 Å². The molecule has 1 aromatic carbocycles. The third kappa shape index (κ3) is 6.61. The Morgan fingerprint density at radius 2 is 2.00 bits per heavy atom. The zero-order valence-electron chi connectivity index (χ0n) is 19.1. The Morgan fingerprint density at radius 3 is 2.67 bits per heavy atom. The van der Waals surface area contributed by atoms with Crippen LogP contribution in [0.2, 0.25) is 0 Å². The first-order chi connectivity index (χ1) is 14.7. The van der Waals surface area contributed by atoms with E-state index in [0.29, 0.717) is 11.5 Å². The van der Waals surface area contributed by atoms with E-state index in [9.17, 15) is 0 Å². The van der Waals surface area contributed by atoms with Gasteiger partial charge in [-0.25, -0.2) is 0 Å². The van der Waals surface area contributed by atoms with E-state index in [-0.39, 0.29) is 0 Å². The molecule has 1 aliphatic heterocycles. The van der Waals surface area contributed by atoms with Crippen molar-refractivity contribution < 1.29 is 9.47 Å². The quantitative estimate of drug-likeness (QED) is 0.310. The molecule has 1 heterocycles. The van der Waals surface area contributed by atoms with Gasteiger partial charge in [-0.3, -0.25) is 9.89 Å². The van der Waals surface area contributed by atoms with Crippen LogP contribution in [0.3, 0.4) is 0 Å². The Bertz CT molecular complexity index is 669. The van der Waals surface area contributed by atoms with Crippen LogP contribution in [0.1, 0.15) is 57.6 Å². The molecule has 0 bridgehead atoms. The molecule has 1 atom stereocenters. The molecule has 168 valence electrons. The largest absolute Gasteiger partial charge is 0.497 e. The Kier molecular flexibility index (Phi) is 8.82. The molecular weight excluding hydrogens is 376 g/mol. The van der Waals surface area contributed by atoms with E-state index in [1.54, 1.807) is 7.11 Å². The van der Waals surface area contributed by atoms with Gasteiger partial charge in [-0.05, 0) is 82.2 Å². The van der Waals surface area contributed by atoms with Gasteiger partial charge in [-0.15, -0.1) is 0 Å². The molecule has 2 N–H and O–H groups in total. The number of aliphatic imine (C=N–C) groups is 1. The third-order valence-electron chi connectivity index (χ3n) is 6.38. The highest BCUT2D eigenvalue weighted by molar-refractivity contribution is 5.79. The first kappa shape index (κ1) is 22.9. The van der Waals surface area contributed by atoms with Gasteiger partial charge < -0.3 is 20.1 Å². The fourth-order valence-corrected chi connectivity index (χ4v) is 4.24. The number of hydrogen-bond donors (Lipinski definition) is 2. The van der Waals surface area contributed by atoms with Crippen molar-refractivity contribution in [2.24, 2.45) is 10.4 Å². The Morgan fingerprint density at radius 1 is 1.20 bits per heavy atom. The van der Waals surface area contributed by atoms with Crippen LogP contribution in [-0.4, -0.2) is 63.9 Å². The van der Waals surface area contributed by atoms with Crippen LogP contribution in [0, 0.1) is 5.41 Å². The van der Waals surface area contributed by atoms with Crippen LogP contribution in [0.25, 0.3) is 0 Å². The van der Waals surface area contributed by atoms with E-state index >= 15 is 0 Å². The molecule has 1 aliphatic carbocycles. The third-order valence-corrected chi connectivity index (χ3v) is 6.38. The maximum Gasteiger partial charge on any atom is 0.191 e. The van der Waals surface area contributed by atoms with Crippen molar-refractivity contribution in [3.8, 4) is 5.75 Å². The smallest absolute Gasteiger partial charge is 0.191 e. The second kappa shape index (κ2) is 11.6. The summed E-state index contributed by atoms with van der Waals surface area (Å²) < 4.78 is 11.0. The Labute approximate surface area is 182 Å². The minimum Gasteiger partial charge on any atom is -0.497 e. The minimum atomic E-state index is 0.319. The molecule has 2 aliphatic rings.